The molecule has 4 nitrogen and oxygen atoms in total. The van der Waals surface area contributed by atoms with Crippen molar-refractivity contribution in [3.05, 3.63) is 64.7 Å². The van der Waals surface area contributed by atoms with Crippen LogP contribution in [-0.2, 0) is 16.8 Å². The van der Waals surface area contributed by atoms with E-state index in [9.17, 15) is 4.79 Å². The first-order valence-corrected chi connectivity index (χ1v) is 9.82. The van der Waals surface area contributed by atoms with Crippen molar-refractivity contribution in [2.45, 2.75) is 37.7 Å². The van der Waals surface area contributed by atoms with E-state index in [0.29, 0.717) is 19.1 Å². The zero-order chi connectivity index (χ0) is 18.7. The van der Waals surface area contributed by atoms with Gasteiger partial charge in [0.1, 0.15) is 6.61 Å². The Labute approximate surface area is 164 Å². The van der Waals surface area contributed by atoms with Crippen molar-refractivity contribution in [1.29, 1.82) is 0 Å². The molecule has 1 fully saturated rings. The third-order valence-electron chi connectivity index (χ3n) is 5.69. The smallest absolute Gasteiger partial charge is 0.407 e. The number of hydrogen-bond donors (Lipinski definition) is 1. The number of halogens is 1. The van der Waals surface area contributed by atoms with E-state index in [4.69, 9.17) is 16.3 Å². The van der Waals surface area contributed by atoms with Gasteiger partial charge >= 0.3 is 6.09 Å². The fourth-order valence-corrected chi connectivity index (χ4v) is 4.25. The molecular formula is C22H23ClN2O2. The minimum absolute atomic E-state index is 0.0184. The highest BCUT2D eigenvalue weighted by molar-refractivity contribution is 6.30. The largest absolute Gasteiger partial charge is 0.445 e. The van der Waals surface area contributed by atoms with Crippen LogP contribution in [0.25, 0.3) is 0 Å². The Morgan fingerprint density at radius 3 is 2.74 bits per heavy atom. The second-order valence-electron chi connectivity index (χ2n) is 7.46. The summed E-state index contributed by atoms with van der Waals surface area (Å²) in [6, 6.07) is 15.7. The van der Waals surface area contributed by atoms with Crippen LogP contribution in [0.5, 0.6) is 0 Å². The molecule has 5 heteroatoms. The van der Waals surface area contributed by atoms with Crippen molar-refractivity contribution in [3.8, 4) is 0 Å². The molecule has 140 valence electrons. The lowest BCUT2D eigenvalue weighted by Gasteiger charge is -2.36. The average molecular weight is 383 g/mol. The molecule has 1 amide bonds. The maximum Gasteiger partial charge on any atom is 0.407 e. The van der Waals surface area contributed by atoms with Crippen LogP contribution in [-0.4, -0.2) is 18.9 Å². The monoisotopic (exact) mass is 382 g/mol. The Morgan fingerprint density at radius 2 is 1.96 bits per heavy atom. The topological polar surface area (TPSA) is 50.7 Å². The highest BCUT2D eigenvalue weighted by Gasteiger charge is 2.39. The van der Waals surface area contributed by atoms with Crippen LogP contribution in [0.3, 0.4) is 0 Å². The first-order valence-electron chi connectivity index (χ1n) is 9.44. The molecule has 2 aromatic rings. The fraction of sp³-hybridized carbons (Fsp3) is 0.364. The van der Waals surface area contributed by atoms with Gasteiger partial charge in [-0.3, -0.25) is 4.99 Å². The number of rotatable bonds is 4. The minimum Gasteiger partial charge on any atom is -0.445 e. The molecule has 1 heterocycles. The second-order valence-corrected chi connectivity index (χ2v) is 7.90. The molecule has 0 radical (unpaired) electrons. The lowest BCUT2D eigenvalue weighted by atomic mass is 9.68. The number of aliphatic imine (C=N–C) groups is 1. The molecule has 0 saturated heterocycles. The predicted molar refractivity (Wildman–Crippen MR) is 108 cm³/mol. The quantitative estimate of drug-likeness (QED) is 0.768. The lowest BCUT2D eigenvalue weighted by molar-refractivity contribution is 0.136. The van der Waals surface area contributed by atoms with Gasteiger partial charge in [-0.15, -0.1) is 0 Å². The number of benzene rings is 2. The molecule has 1 aliphatic carbocycles. The minimum atomic E-state index is -0.348. The van der Waals surface area contributed by atoms with Gasteiger partial charge in [0.05, 0.1) is 5.69 Å². The highest BCUT2D eigenvalue weighted by atomic mass is 35.5. The predicted octanol–water partition coefficient (Wildman–Crippen LogP) is 5.41. The van der Waals surface area contributed by atoms with Crippen LogP contribution >= 0.6 is 11.6 Å². The highest BCUT2D eigenvalue weighted by Crippen LogP contribution is 2.47. The maximum absolute atomic E-state index is 11.9. The van der Waals surface area contributed by atoms with Gasteiger partial charge in [0, 0.05) is 23.2 Å². The molecule has 1 N–H and O–H groups in total. The summed E-state index contributed by atoms with van der Waals surface area (Å²) in [6.45, 7) is 0.956. The van der Waals surface area contributed by atoms with Crippen LogP contribution in [0, 0.1) is 5.92 Å². The molecule has 0 bridgehead atoms. The summed E-state index contributed by atoms with van der Waals surface area (Å²) in [5.74, 6) is 0.469. The number of nitrogens with zero attached hydrogens (tertiary/aromatic N) is 1. The molecule has 1 saturated carbocycles. The summed E-state index contributed by atoms with van der Waals surface area (Å²) in [5, 5.41) is 3.68. The lowest BCUT2D eigenvalue weighted by Crippen LogP contribution is -2.36. The van der Waals surface area contributed by atoms with Gasteiger partial charge in [-0.25, -0.2) is 4.79 Å². The van der Waals surface area contributed by atoms with E-state index in [1.54, 1.807) is 0 Å². The Morgan fingerprint density at radius 1 is 1.19 bits per heavy atom. The zero-order valence-corrected chi connectivity index (χ0v) is 15.9. The number of nitrogens with one attached hydrogen (secondary N) is 1. The summed E-state index contributed by atoms with van der Waals surface area (Å²) in [5.41, 5.74) is 3.30. The van der Waals surface area contributed by atoms with Gasteiger partial charge in [-0.2, -0.15) is 0 Å². The molecule has 0 aromatic heterocycles. The van der Waals surface area contributed by atoms with Crippen molar-refractivity contribution in [1.82, 2.24) is 5.32 Å². The van der Waals surface area contributed by atoms with E-state index >= 15 is 0 Å². The number of hydrogen-bond acceptors (Lipinski definition) is 3. The number of amides is 1. The Balaban J connectivity index is 1.25. The van der Waals surface area contributed by atoms with Gasteiger partial charge in [0.15, 0.2) is 0 Å². The second kappa shape index (κ2) is 7.73. The third-order valence-corrected chi connectivity index (χ3v) is 5.93. The van der Waals surface area contributed by atoms with E-state index in [2.05, 4.69) is 22.6 Å². The third kappa shape index (κ3) is 4.01. The van der Waals surface area contributed by atoms with Gasteiger partial charge in [-0.1, -0.05) is 41.9 Å². The maximum atomic E-state index is 11.9. The van der Waals surface area contributed by atoms with Gasteiger partial charge < -0.3 is 10.1 Å². The summed E-state index contributed by atoms with van der Waals surface area (Å²) in [6.07, 6.45) is 5.93. The van der Waals surface area contributed by atoms with Crippen LogP contribution in [0.15, 0.2) is 53.5 Å². The summed E-state index contributed by atoms with van der Waals surface area (Å²) in [7, 11) is 0. The Hall–Kier alpha value is -2.33. The van der Waals surface area contributed by atoms with E-state index in [1.807, 2.05) is 42.5 Å². The zero-order valence-electron chi connectivity index (χ0n) is 15.2. The van der Waals surface area contributed by atoms with E-state index in [0.717, 1.165) is 42.0 Å². The summed E-state index contributed by atoms with van der Waals surface area (Å²) >= 11 is 6.20. The van der Waals surface area contributed by atoms with Gasteiger partial charge in [-0.05, 0) is 60.9 Å². The SMILES string of the molecule is O=C(NCC1CCC2(C=Nc3ccc(Cl)cc32)CC1)OCc1ccccc1. The van der Waals surface area contributed by atoms with Crippen molar-refractivity contribution < 1.29 is 9.53 Å². The normalized spacial score (nSPS) is 23.2. The van der Waals surface area contributed by atoms with Crippen LogP contribution in [0.1, 0.15) is 36.8 Å². The molecule has 1 spiro atoms. The first kappa shape index (κ1) is 18.1. The molecule has 4 rings (SSSR count). The van der Waals surface area contributed by atoms with Crippen LogP contribution < -0.4 is 5.32 Å². The van der Waals surface area contributed by atoms with E-state index in [1.165, 1.54) is 5.56 Å². The number of alkyl carbamates (subject to hydrolysis) is 1. The molecular weight excluding hydrogens is 360 g/mol. The summed E-state index contributed by atoms with van der Waals surface area (Å²) in [4.78, 5) is 16.5. The molecule has 0 unspecified atom stereocenters. The Kier molecular flexibility index (Phi) is 5.17. The van der Waals surface area contributed by atoms with Crippen molar-refractivity contribution in [3.63, 3.8) is 0 Å². The fourth-order valence-electron chi connectivity index (χ4n) is 4.08. The molecule has 27 heavy (non-hydrogen) atoms. The molecule has 0 atom stereocenters. The first-order chi connectivity index (χ1) is 13.1. The number of carbonyl (C=O) groups excluding carboxylic acids is 1. The molecule has 1 aliphatic heterocycles. The van der Waals surface area contributed by atoms with Crippen molar-refractivity contribution >= 4 is 29.6 Å². The van der Waals surface area contributed by atoms with Gasteiger partial charge in [0.2, 0.25) is 0 Å². The van der Waals surface area contributed by atoms with Crippen molar-refractivity contribution in [2.75, 3.05) is 6.54 Å². The van der Waals surface area contributed by atoms with Gasteiger partial charge in [0.25, 0.3) is 0 Å². The summed E-state index contributed by atoms with van der Waals surface area (Å²) < 4.78 is 5.29. The standard InChI is InChI=1S/C22H23ClN2O2/c23-18-6-7-20-19(12-18)22(15-25-20)10-8-16(9-11-22)13-24-21(26)27-14-17-4-2-1-3-5-17/h1-7,12,15-16H,8-11,13-14H2,(H,24,26). The average Bonchev–Trinajstić information content (AvgIpc) is 3.04. The van der Waals surface area contributed by atoms with Crippen LogP contribution in [0.2, 0.25) is 5.02 Å². The van der Waals surface area contributed by atoms with E-state index in [-0.39, 0.29) is 11.5 Å². The Bertz CT molecular complexity index is 843. The number of carbonyl (C=O) groups is 1. The van der Waals surface area contributed by atoms with E-state index < -0.39 is 0 Å². The number of ether oxygens (including phenoxy) is 1. The molecule has 2 aromatic carbocycles. The van der Waals surface area contributed by atoms with Crippen LogP contribution in [0.4, 0.5) is 10.5 Å². The number of fused-ring (bicyclic) bond motifs is 2. The molecule has 2 aliphatic rings. The van der Waals surface area contributed by atoms with Crippen molar-refractivity contribution in [2.24, 2.45) is 10.9 Å².